The third-order valence-corrected chi connectivity index (χ3v) is 6.42. The quantitative estimate of drug-likeness (QED) is 0.714. The number of ether oxygens (including phenoxy) is 1. The zero-order valence-corrected chi connectivity index (χ0v) is 18.5. The maximum absolute atomic E-state index is 12.9. The van der Waals surface area contributed by atoms with Crippen LogP contribution in [0.25, 0.3) is 0 Å². The minimum Gasteiger partial charge on any atom is -0.373 e. The lowest BCUT2D eigenvalue weighted by molar-refractivity contribution is -0.122. The van der Waals surface area contributed by atoms with Gasteiger partial charge in [-0.05, 0) is 58.9 Å². The number of amides is 2. The Morgan fingerprint density at radius 2 is 1.72 bits per heavy atom. The maximum atomic E-state index is 12.9. The number of morpholine rings is 1. The van der Waals surface area contributed by atoms with E-state index in [1.54, 1.807) is 6.92 Å². The highest BCUT2D eigenvalue weighted by molar-refractivity contribution is 7.89. The van der Waals surface area contributed by atoms with Crippen LogP contribution in [0, 0.1) is 0 Å². The zero-order chi connectivity index (χ0) is 21.8. The molecule has 1 heterocycles. The monoisotopic (exact) mass is 425 g/mol. The van der Waals surface area contributed by atoms with Gasteiger partial charge in [0.2, 0.25) is 15.9 Å². The maximum Gasteiger partial charge on any atom is 0.254 e. The molecular weight excluding hydrogens is 394 g/mol. The molecule has 0 aromatic heterocycles. The number of sulfonamides is 1. The second-order valence-electron chi connectivity index (χ2n) is 7.65. The Morgan fingerprint density at radius 3 is 2.21 bits per heavy atom. The number of nitrogens with zero attached hydrogens (tertiary/aromatic N) is 2. The van der Waals surface area contributed by atoms with Gasteiger partial charge in [0, 0.05) is 31.2 Å². The van der Waals surface area contributed by atoms with Gasteiger partial charge in [-0.15, -0.1) is 0 Å². The molecule has 1 aromatic carbocycles. The Kier molecular flexibility index (Phi) is 7.79. The first-order valence-corrected chi connectivity index (χ1v) is 11.3. The second-order valence-corrected chi connectivity index (χ2v) is 9.58. The number of carbonyl (C=O) groups excluding carboxylic acids is 2. The Balaban J connectivity index is 2.14. The Labute approximate surface area is 173 Å². The van der Waals surface area contributed by atoms with Gasteiger partial charge in [-0.3, -0.25) is 9.59 Å². The summed E-state index contributed by atoms with van der Waals surface area (Å²) >= 11 is 0. The van der Waals surface area contributed by atoms with E-state index in [0.29, 0.717) is 25.2 Å². The number of carbonyl (C=O) groups is 2. The first kappa shape index (κ1) is 23.3. The van der Waals surface area contributed by atoms with E-state index in [9.17, 15) is 18.0 Å². The van der Waals surface area contributed by atoms with Crippen molar-refractivity contribution < 1.29 is 22.7 Å². The van der Waals surface area contributed by atoms with E-state index in [4.69, 9.17) is 4.74 Å². The van der Waals surface area contributed by atoms with Crippen LogP contribution in [0.1, 0.15) is 45.0 Å². The number of benzene rings is 1. The van der Waals surface area contributed by atoms with Gasteiger partial charge >= 0.3 is 0 Å². The lowest BCUT2D eigenvalue weighted by atomic mass is 10.2. The van der Waals surface area contributed by atoms with Gasteiger partial charge in [-0.1, -0.05) is 0 Å². The molecule has 1 saturated heterocycles. The Hall–Kier alpha value is -1.97. The lowest BCUT2D eigenvalue weighted by Gasteiger charge is -2.34. The van der Waals surface area contributed by atoms with E-state index >= 15 is 0 Å². The Morgan fingerprint density at radius 1 is 1.17 bits per heavy atom. The number of hydrogen-bond acceptors (Lipinski definition) is 5. The summed E-state index contributed by atoms with van der Waals surface area (Å²) in [7, 11) is -3.66. The van der Waals surface area contributed by atoms with Crippen LogP contribution in [0.15, 0.2) is 29.2 Å². The normalized spacial score (nSPS) is 20.5. The predicted molar refractivity (Wildman–Crippen MR) is 110 cm³/mol. The second kappa shape index (κ2) is 9.69. The molecule has 2 amide bonds. The van der Waals surface area contributed by atoms with Crippen molar-refractivity contribution in [2.45, 2.75) is 57.8 Å². The molecule has 2 rings (SSSR count). The standard InChI is InChI=1S/C20H31N3O5S/c1-6-22(13-19(24)21-14(2)3)20(25)17-7-9-18(10-8-17)29(26,27)23-11-15(4)28-16(5)12-23/h7-10,14-16H,6,11-13H2,1-5H3,(H,21,24)/t15-,16+. The van der Waals surface area contributed by atoms with Crippen LogP contribution in [-0.4, -0.2) is 73.9 Å². The third-order valence-electron chi connectivity index (χ3n) is 4.58. The van der Waals surface area contributed by atoms with Gasteiger partial charge in [0.1, 0.15) is 0 Å². The van der Waals surface area contributed by atoms with E-state index in [1.165, 1.54) is 33.5 Å². The summed E-state index contributed by atoms with van der Waals surface area (Å²) in [6.45, 7) is 10.1. The molecule has 1 aromatic rings. The number of hydrogen-bond donors (Lipinski definition) is 1. The van der Waals surface area contributed by atoms with Gasteiger partial charge in [0.05, 0.1) is 23.6 Å². The molecule has 162 valence electrons. The van der Waals surface area contributed by atoms with Gasteiger partial charge in [-0.2, -0.15) is 4.31 Å². The smallest absolute Gasteiger partial charge is 0.254 e. The van der Waals surface area contributed by atoms with E-state index in [0.717, 1.165) is 0 Å². The molecule has 0 spiro atoms. The van der Waals surface area contributed by atoms with Gasteiger partial charge < -0.3 is 15.0 Å². The summed E-state index contributed by atoms with van der Waals surface area (Å²) in [6.07, 6.45) is -0.353. The van der Waals surface area contributed by atoms with Crippen LogP contribution >= 0.6 is 0 Å². The van der Waals surface area contributed by atoms with Crippen molar-refractivity contribution in [1.29, 1.82) is 0 Å². The number of likely N-dealkylation sites (N-methyl/N-ethyl adjacent to an activating group) is 1. The summed E-state index contributed by atoms with van der Waals surface area (Å²) in [5, 5.41) is 2.76. The molecule has 0 bridgehead atoms. The fourth-order valence-corrected chi connectivity index (χ4v) is 4.89. The molecule has 1 fully saturated rings. The highest BCUT2D eigenvalue weighted by atomic mass is 32.2. The first-order chi connectivity index (χ1) is 13.5. The van der Waals surface area contributed by atoms with E-state index in [2.05, 4.69) is 5.32 Å². The molecule has 8 nitrogen and oxygen atoms in total. The van der Waals surface area contributed by atoms with Crippen molar-refractivity contribution in [3.05, 3.63) is 29.8 Å². The summed E-state index contributed by atoms with van der Waals surface area (Å²) < 4.78 is 32.9. The fraction of sp³-hybridized carbons (Fsp3) is 0.600. The van der Waals surface area contributed by atoms with Gasteiger partial charge in [0.25, 0.3) is 5.91 Å². The molecule has 0 saturated carbocycles. The third kappa shape index (κ3) is 6.01. The first-order valence-electron chi connectivity index (χ1n) is 9.88. The van der Waals surface area contributed by atoms with Crippen molar-refractivity contribution >= 4 is 21.8 Å². The molecule has 1 N–H and O–H groups in total. The molecule has 9 heteroatoms. The minimum atomic E-state index is -3.66. The van der Waals surface area contributed by atoms with Crippen LogP contribution in [0.4, 0.5) is 0 Å². The SMILES string of the molecule is CCN(CC(=O)NC(C)C)C(=O)c1ccc(S(=O)(=O)N2C[C@@H](C)O[C@@H](C)C2)cc1. The molecule has 2 atom stereocenters. The van der Waals surface area contributed by atoms with Crippen LogP contribution in [-0.2, 0) is 19.6 Å². The number of rotatable bonds is 7. The summed E-state index contributed by atoms with van der Waals surface area (Å²) in [6, 6.07) is 5.85. The largest absolute Gasteiger partial charge is 0.373 e. The average Bonchev–Trinajstić information content (AvgIpc) is 2.64. The minimum absolute atomic E-state index is 0.00794. The molecule has 0 radical (unpaired) electrons. The summed E-state index contributed by atoms with van der Waals surface area (Å²) in [4.78, 5) is 26.2. The molecule has 0 aliphatic carbocycles. The highest BCUT2D eigenvalue weighted by Gasteiger charge is 2.32. The fourth-order valence-electron chi connectivity index (χ4n) is 3.30. The van der Waals surface area contributed by atoms with Crippen LogP contribution in [0.2, 0.25) is 0 Å². The van der Waals surface area contributed by atoms with Crippen molar-refractivity contribution in [3.8, 4) is 0 Å². The van der Waals surface area contributed by atoms with Crippen LogP contribution < -0.4 is 5.32 Å². The van der Waals surface area contributed by atoms with Crippen LogP contribution in [0.5, 0.6) is 0 Å². The van der Waals surface area contributed by atoms with E-state index in [1.807, 2.05) is 27.7 Å². The highest BCUT2D eigenvalue weighted by Crippen LogP contribution is 2.21. The van der Waals surface area contributed by atoms with Crippen molar-refractivity contribution in [1.82, 2.24) is 14.5 Å². The van der Waals surface area contributed by atoms with Gasteiger partial charge in [0.15, 0.2) is 0 Å². The molecule has 1 aliphatic rings. The average molecular weight is 426 g/mol. The molecule has 29 heavy (non-hydrogen) atoms. The Bertz CT molecular complexity index is 813. The van der Waals surface area contributed by atoms with Crippen molar-refractivity contribution in [2.24, 2.45) is 0 Å². The molecule has 0 unspecified atom stereocenters. The lowest BCUT2D eigenvalue weighted by Crippen LogP contribution is -2.48. The predicted octanol–water partition coefficient (Wildman–Crippen LogP) is 1.47. The topological polar surface area (TPSA) is 96.0 Å². The van der Waals surface area contributed by atoms with Gasteiger partial charge in [-0.25, -0.2) is 8.42 Å². The molecule has 1 aliphatic heterocycles. The van der Waals surface area contributed by atoms with Crippen LogP contribution in [0.3, 0.4) is 0 Å². The summed E-state index contributed by atoms with van der Waals surface area (Å²) in [5.41, 5.74) is 0.340. The van der Waals surface area contributed by atoms with E-state index < -0.39 is 10.0 Å². The summed E-state index contributed by atoms with van der Waals surface area (Å²) in [5.74, 6) is -0.547. The van der Waals surface area contributed by atoms with Crippen molar-refractivity contribution in [2.75, 3.05) is 26.2 Å². The van der Waals surface area contributed by atoms with Crippen molar-refractivity contribution in [3.63, 3.8) is 0 Å². The number of nitrogens with one attached hydrogen (secondary N) is 1. The zero-order valence-electron chi connectivity index (χ0n) is 17.7. The van der Waals surface area contributed by atoms with E-state index in [-0.39, 0.29) is 41.5 Å². The molecular formula is C20H31N3O5S.